The van der Waals surface area contributed by atoms with Crippen LogP contribution in [0.5, 0.6) is 0 Å². The zero-order chi connectivity index (χ0) is 15.0. The predicted molar refractivity (Wildman–Crippen MR) is 77.6 cm³/mol. The number of nitrogens with one attached hydrogen (secondary N) is 2. The van der Waals surface area contributed by atoms with Gasteiger partial charge in [0.15, 0.2) is 5.82 Å². The van der Waals surface area contributed by atoms with Crippen LogP contribution in [0, 0.1) is 11.6 Å². The van der Waals surface area contributed by atoms with Gasteiger partial charge in [0, 0.05) is 17.0 Å². The number of halogens is 3. The van der Waals surface area contributed by atoms with Gasteiger partial charge in [0.05, 0.1) is 10.7 Å². The first-order valence-corrected chi connectivity index (χ1v) is 6.46. The molecule has 3 rings (SSSR count). The summed E-state index contributed by atoms with van der Waals surface area (Å²) in [4.78, 5) is 15.0. The topological polar surface area (TPSA) is 44.9 Å². The van der Waals surface area contributed by atoms with Gasteiger partial charge in [-0.05, 0) is 18.2 Å². The number of anilines is 1. The highest BCUT2D eigenvalue weighted by atomic mass is 35.5. The van der Waals surface area contributed by atoms with Crippen LogP contribution in [0.3, 0.4) is 0 Å². The van der Waals surface area contributed by atoms with Crippen LogP contribution >= 0.6 is 11.6 Å². The van der Waals surface area contributed by atoms with Gasteiger partial charge in [0.2, 0.25) is 0 Å². The zero-order valence-corrected chi connectivity index (χ0v) is 11.3. The average Bonchev–Trinajstić information content (AvgIpc) is 2.86. The minimum absolute atomic E-state index is 0.197. The van der Waals surface area contributed by atoms with Crippen LogP contribution in [0.4, 0.5) is 14.5 Å². The van der Waals surface area contributed by atoms with Gasteiger partial charge in [0.1, 0.15) is 11.5 Å². The molecule has 0 unspecified atom stereocenters. The Kier molecular flexibility index (Phi) is 3.35. The lowest BCUT2D eigenvalue weighted by molar-refractivity contribution is 0.102. The van der Waals surface area contributed by atoms with E-state index < -0.39 is 17.5 Å². The van der Waals surface area contributed by atoms with Crippen molar-refractivity contribution in [3.63, 3.8) is 0 Å². The van der Waals surface area contributed by atoms with Gasteiger partial charge in [-0.3, -0.25) is 4.79 Å². The number of para-hydroxylation sites is 1. The summed E-state index contributed by atoms with van der Waals surface area (Å²) in [6, 6.07) is 10.6. The standard InChI is InChI=1S/C15H9ClF2N2O/c16-10-6-9(17)7-11(18)14(10)20-15(21)13-5-8-3-1-2-4-12(8)19-13/h1-7,19H,(H,20,21). The minimum Gasteiger partial charge on any atom is -0.351 e. The summed E-state index contributed by atoms with van der Waals surface area (Å²) in [5, 5.41) is 3.00. The molecular formula is C15H9ClF2N2O. The second-order valence-corrected chi connectivity index (χ2v) is 4.88. The molecule has 0 radical (unpaired) electrons. The second kappa shape index (κ2) is 5.18. The molecule has 0 aliphatic carbocycles. The summed E-state index contributed by atoms with van der Waals surface area (Å²) in [5.41, 5.74) is 0.797. The lowest BCUT2D eigenvalue weighted by Crippen LogP contribution is -2.14. The van der Waals surface area contributed by atoms with Crippen molar-refractivity contribution >= 4 is 34.1 Å². The van der Waals surface area contributed by atoms with E-state index in [2.05, 4.69) is 10.3 Å². The Balaban J connectivity index is 1.93. The number of aromatic amines is 1. The molecule has 0 spiro atoms. The quantitative estimate of drug-likeness (QED) is 0.726. The van der Waals surface area contributed by atoms with Crippen LogP contribution in [-0.2, 0) is 0 Å². The first-order chi connectivity index (χ1) is 10.0. The minimum atomic E-state index is -0.926. The van der Waals surface area contributed by atoms with E-state index in [0.29, 0.717) is 6.07 Å². The molecule has 0 saturated heterocycles. The maximum atomic E-state index is 13.6. The number of carbonyl (C=O) groups excluding carboxylic acids is 1. The van der Waals surface area contributed by atoms with Crippen LogP contribution in [-0.4, -0.2) is 10.9 Å². The van der Waals surface area contributed by atoms with E-state index >= 15 is 0 Å². The van der Waals surface area contributed by atoms with E-state index in [1.165, 1.54) is 0 Å². The van der Waals surface area contributed by atoms with Crippen LogP contribution < -0.4 is 5.32 Å². The molecular weight excluding hydrogens is 298 g/mol. The van der Waals surface area contributed by atoms with Crippen molar-refractivity contribution in [2.24, 2.45) is 0 Å². The van der Waals surface area contributed by atoms with Crippen molar-refractivity contribution in [2.45, 2.75) is 0 Å². The molecule has 0 aliphatic heterocycles. The largest absolute Gasteiger partial charge is 0.351 e. The molecule has 3 nitrogen and oxygen atoms in total. The number of carbonyl (C=O) groups is 1. The second-order valence-electron chi connectivity index (χ2n) is 4.47. The maximum absolute atomic E-state index is 13.6. The Morgan fingerprint density at radius 3 is 2.62 bits per heavy atom. The van der Waals surface area contributed by atoms with Gasteiger partial charge in [-0.25, -0.2) is 8.78 Å². The van der Waals surface area contributed by atoms with Crippen molar-refractivity contribution in [1.29, 1.82) is 0 Å². The van der Waals surface area contributed by atoms with Crippen molar-refractivity contribution in [3.8, 4) is 0 Å². The number of hydrogen-bond acceptors (Lipinski definition) is 1. The van der Waals surface area contributed by atoms with Crippen LogP contribution in [0.2, 0.25) is 5.02 Å². The lowest BCUT2D eigenvalue weighted by atomic mass is 10.2. The molecule has 1 heterocycles. The first-order valence-electron chi connectivity index (χ1n) is 6.08. The Hall–Kier alpha value is -2.40. The Morgan fingerprint density at radius 2 is 1.90 bits per heavy atom. The highest BCUT2D eigenvalue weighted by molar-refractivity contribution is 6.34. The van der Waals surface area contributed by atoms with Gasteiger partial charge >= 0.3 is 0 Å². The van der Waals surface area contributed by atoms with Crippen LogP contribution in [0.1, 0.15) is 10.5 Å². The molecule has 2 aromatic carbocycles. The van der Waals surface area contributed by atoms with E-state index in [4.69, 9.17) is 11.6 Å². The molecule has 6 heteroatoms. The molecule has 0 atom stereocenters. The molecule has 0 aliphatic rings. The lowest BCUT2D eigenvalue weighted by Gasteiger charge is -2.07. The van der Waals surface area contributed by atoms with Crippen LogP contribution in [0.15, 0.2) is 42.5 Å². The Morgan fingerprint density at radius 1 is 1.14 bits per heavy atom. The summed E-state index contributed by atoms with van der Waals surface area (Å²) >= 11 is 5.74. The molecule has 3 aromatic rings. The third kappa shape index (κ3) is 2.60. The number of H-pyrrole nitrogens is 1. The molecule has 1 aromatic heterocycles. The molecule has 21 heavy (non-hydrogen) atoms. The highest BCUT2D eigenvalue weighted by Gasteiger charge is 2.15. The number of benzene rings is 2. The van der Waals surface area contributed by atoms with Gasteiger partial charge in [0.25, 0.3) is 5.91 Å². The molecule has 0 fully saturated rings. The summed E-state index contributed by atoms with van der Waals surface area (Å²) in [6.45, 7) is 0. The fourth-order valence-corrected chi connectivity index (χ4v) is 2.28. The van der Waals surface area contributed by atoms with E-state index in [1.54, 1.807) is 6.07 Å². The maximum Gasteiger partial charge on any atom is 0.272 e. The zero-order valence-electron chi connectivity index (χ0n) is 10.6. The van der Waals surface area contributed by atoms with Gasteiger partial charge < -0.3 is 10.3 Å². The van der Waals surface area contributed by atoms with Gasteiger partial charge in [-0.2, -0.15) is 0 Å². The molecule has 0 bridgehead atoms. The fraction of sp³-hybridized carbons (Fsp3) is 0. The van der Waals surface area contributed by atoms with Gasteiger partial charge in [-0.15, -0.1) is 0 Å². The van der Waals surface area contributed by atoms with Crippen molar-refractivity contribution < 1.29 is 13.6 Å². The van der Waals surface area contributed by atoms with Gasteiger partial charge in [-0.1, -0.05) is 29.8 Å². The van der Waals surface area contributed by atoms with Crippen molar-refractivity contribution in [2.75, 3.05) is 5.32 Å². The number of aromatic nitrogens is 1. The van der Waals surface area contributed by atoms with E-state index in [-0.39, 0.29) is 16.4 Å². The summed E-state index contributed by atoms with van der Waals surface area (Å²) < 4.78 is 26.6. The smallest absolute Gasteiger partial charge is 0.272 e. The highest BCUT2D eigenvalue weighted by Crippen LogP contribution is 2.27. The van der Waals surface area contributed by atoms with E-state index in [1.807, 2.05) is 24.3 Å². The molecule has 106 valence electrons. The normalized spacial score (nSPS) is 10.8. The molecule has 2 N–H and O–H groups in total. The third-order valence-corrected chi connectivity index (χ3v) is 3.32. The average molecular weight is 307 g/mol. The number of hydrogen-bond donors (Lipinski definition) is 2. The Bertz CT molecular complexity index is 789. The number of fused-ring (bicyclic) bond motifs is 1. The third-order valence-electron chi connectivity index (χ3n) is 3.02. The summed E-state index contributed by atoms with van der Waals surface area (Å²) in [5.74, 6) is -2.29. The number of amides is 1. The SMILES string of the molecule is O=C(Nc1c(F)cc(F)cc1Cl)c1cc2ccccc2[nH]1. The van der Waals surface area contributed by atoms with E-state index in [9.17, 15) is 13.6 Å². The van der Waals surface area contributed by atoms with Crippen molar-refractivity contribution in [1.82, 2.24) is 4.98 Å². The Labute approximate surface area is 123 Å². The first kappa shape index (κ1) is 13.6. The van der Waals surface area contributed by atoms with E-state index in [0.717, 1.165) is 17.0 Å². The summed E-state index contributed by atoms with van der Waals surface area (Å²) in [6.07, 6.45) is 0. The molecule has 0 saturated carbocycles. The molecule has 1 amide bonds. The van der Waals surface area contributed by atoms with Crippen molar-refractivity contribution in [3.05, 3.63) is 64.8 Å². The van der Waals surface area contributed by atoms with Crippen LogP contribution in [0.25, 0.3) is 10.9 Å². The predicted octanol–water partition coefficient (Wildman–Crippen LogP) is 4.35. The summed E-state index contributed by atoms with van der Waals surface area (Å²) in [7, 11) is 0. The number of rotatable bonds is 2. The monoisotopic (exact) mass is 306 g/mol. The fourth-order valence-electron chi connectivity index (χ4n) is 2.04.